The van der Waals surface area contributed by atoms with Gasteiger partial charge in [0, 0.05) is 23.1 Å². The molecule has 7 nitrogen and oxygen atoms in total. The molecule has 9 heteroatoms. The average molecular weight is 414 g/mol. The highest BCUT2D eigenvalue weighted by Gasteiger charge is 2.13. The van der Waals surface area contributed by atoms with Gasteiger partial charge in [0.05, 0.1) is 23.3 Å². The van der Waals surface area contributed by atoms with E-state index in [1.165, 1.54) is 11.3 Å². The van der Waals surface area contributed by atoms with Crippen LogP contribution < -0.4 is 10.1 Å². The molecule has 0 saturated heterocycles. The number of rotatable bonds is 5. The molecule has 4 aromatic rings. The monoisotopic (exact) mass is 413 g/mol. The molecule has 142 valence electrons. The van der Waals surface area contributed by atoms with Crippen molar-refractivity contribution in [3.05, 3.63) is 52.4 Å². The van der Waals surface area contributed by atoms with E-state index in [2.05, 4.69) is 20.6 Å². The van der Waals surface area contributed by atoms with E-state index >= 15 is 0 Å². The number of fused-ring (bicyclic) bond motifs is 1. The molecule has 1 amide bonds. The van der Waals surface area contributed by atoms with Gasteiger partial charge in [-0.25, -0.2) is 9.67 Å². The molecule has 0 fully saturated rings. The maximum Gasteiger partial charge on any atom is 0.257 e. The van der Waals surface area contributed by atoms with E-state index in [4.69, 9.17) is 16.3 Å². The summed E-state index contributed by atoms with van der Waals surface area (Å²) in [5, 5.41) is 13.9. The molecule has 0 saturated carbocycles. The Kier molecular flexibility index (Phi) is 4.97. The topological polar surface area (TPSA) is 81.9 Å². The quantitative estimate of drug-likeness (QED) is 0.521. The highest BCUT2D eigenvalue weighted by Crippen LogP contribution is 2.31. The average Bonchev–Trinajstić information content (AvgIpc) is 3.34. The van der Waals surface area contributed by atoms with Gasteiger partial charge in [-0.3, -0.25) is 10.1 Å². The van der Waals surface area contributed by atoms with Crippen LogP contribution in [0.5, 0.6) is 5.75 Å². The molecular formula is C19H16ClN5O2S. The molecule has 0 atom stereocenters. The number of hydrogen-bond donors (Lipinski definition) is 1. The van der Waals surface area contributed by atoms with Crippen LogP contribution in [0, 0.1) is 0 Å². The Balaban J connectivity index is 1.53. The van der Waals surface area contributed by atoms with Crippen molar-refractivity contribution in [2.45, 2.75) is 13.5 Å². The zero-order chi connectivity index (χ0) is 19.7. The zero-order valence-electron chi connectivity index (χ0n) is 15.1. The minimum Gasteiger partial charge on any atom is -0.495 e. The number of hydrogen-bond acceptors (Lipinski definition) is 6. The van der Waals surface area contributed by atoms with Crippen molar-refractivity contribution in [3.8, 4) is 17.0 Å². The van der Waals surface area contributed by atoms with Crippen LogP contribution in [0.2, 0.25) is 5.02 Å². The van der Waals surface area contributed by atoms with E-state index in [1.807, 2.05) is 24.4 Å². The summed E-state index contributed by atoms with van der Waals surface area (Å²) in [7, 11) is 1.57. The Morgan fingerprint density at radius 2 is 2.14 bits per heavy atom. The van der Waals surface area contributed by atoms with Gasteiger partial charge in [-0.05, 0) is 43.3 Å². The molecule has 1 N–H and O–H groups in total. The predicted molar refractivity (Wildman–Crippen MR) is 110 cm³/mol. The number of benzene rings is 2. The fraction of sp³-hybridized carbons (Fsp3) is 0.158. The zero-order valence-corrected chi connectivity index (χ0v) is 16.7. The molecule has 2 aromatic carbocycles. The number of carbonyl (C=O) groups excluding carboxylic acids is 1. The summed E-state index contributed by atoms with van der Waals surface area (Å²) in [6.07, 6.45) is 0. The smallest absolute Gasteiger partial charge is 0.257 e. The third-order valence-electron chi connectivity index (χ3n) is 4.25. The van der Waals surface area contributed by atoms with Gasteiger partial charge < -0.3 is 4.74 Å². The number of thiazole rings is 1. The Labute approximate surface area is 169 Å². The Hall–Kier alpha value is -2.97. The third-order valence-corrected chi connectivity index (χ3v) is 5.30. The number of carbonyl (C=O) groups is 1. The summed E-state index contributed by atoms with van der Waals surface area (Å²) in [5.41, 5.74) is 3.65. The number of ether oxygens (including phenoxy) is 1. The normalized spacial score (nSPS) is 11.0. The molecule has 0 radical (unpaired) electrons. The fourth-order valence-corrected chi connectivity index (χ4v) is 3.78. The van der Waals surface area contributed by atoms with E-state index in [1.54, 1.807) is 36.1 Å². The van der Waals surface area contributed by atoms with Crippen LogP contribution in [-0.4, -0.2) is 33.0 Å². The lowest BCUT2D eigenvalue weighted by atomic mass is 10.2. The number of amides is 1. The van der Waals surface area contributed by atoms with Crippen LogP contribution in [0.25, 0.3) is 22.3 Å². The van der Waals surface area contributed by atoms with Crippen LogP contribution in [0.15, 0.2) is 41.8 Å². The molecule has 28 heavy (non-hydrogen) atoms. The summed E-state index contributed by atoms with van der Waals surface area (Å²) in [5.74, 6) is 0.353. The Morgan fingerprint density at radius 3 is 2.89 bits per heavy atom. The lowest BCUT2D eigenvalue weighted by molar-refractivity contribution is 0.102. The van der Waals surface area contributed by atoms with Gasteiger partial charge in [0.2, 0.25) is 0 Å². The first-order valence-corrected chi connectivity index (χ1v) is 9.79. The molecule has 0 aliphatic carbocycles. The molecule has 2 aromatic heterocycles. The molecule has 0 spiro atoms. The minimum atomic E-state index is -0.249. The lowest BCUT2D eigenvalue weighted by Gasteiger charge is -2.04. The Bertz CT molecular complexity index is 1170. The largest absolute Gasteiger partial charge is 0.495 e. The number of aromatic nitrogens is 4. The minimum absolute atomic E-state index is 0.249. The first-order valence-electron chi connectivity index (χ1n) is 8.53. The fourth-order valence-electron chi connectivity index (χ4n) is 2.81. The van der Waals surface area contributed by atoms with E-state index in [9.17, 15) is 4.79 Å². The van der Waals surface area contributed by atoms with Crippen LogP contribution in [-0.2, 0) is 6.54 Å². The van der Waals surface area contributed by atoms with Gasteiger partial charge >= 0.3 is 0 Å². The standard InChI is InChI=1S/C19H16ClN5O2S/c1-3-25-16-6-4-12(9-14(16)23-24-25)18(26)22-19-21-15(10-28-19)11-5-7-17(27-2)13(20)8-11/h4-10H,3H2,1-2H3,(H,21,22,26). The maximum absolute atomic E-state index is 12.6. The second-order valence-corrected chi connectivity index (χ2v) is 7.22. The predicted octanol–water partition coefficient (Wildman–Crippen LogP) is 4.49. The van der Waals surface area contributed by atoms with Crippen LogP contribution in [0.3, 0.4) is 0 Å². The number of methoxy groups -OCH3 is 1. The molecule has 0 aliphatic rings. The van der Waals surface area contributed by atoms with Crippen molar-refractivity contribution in [1.29, 1.82) is 0 Å². The lowest BCUT2D eigenvalue weighted by Crippen LogP contribution is -2.11. The van der Waals surface area contributed by atoms with Crippen LogP contribution in [0.4, 0.5) is 5.13 Å². The summed E-state index contributed by atoms with van der Waals surface area (Å²) >= 11 is 7.52. The highest BCUT2D eigenvalue weighted by atomic mass is 35.5. The van der Waals surface area contributed by atoms with Crippen LogP contribution in [0.1, 0.15) is 17.3 Å². The van der Waals surface area contributed by atoms with Gasteiger partial charge in [0.1, 0.15) is 11.3 Å². The SMILES string of the molecule is CCn1nnc2cc(C(=O)Nc3nc(-c4ccc(OC)c(Cl)c4)cs3)ccc21. The number of nitrogens with one attached hydrogen (secondary N) is 1. The van der Waals surface area contributed by atoms with Crippen molar-refractivity contribution in [2.24, 2.45) is 0 Å². The molecule has 0 unspecified atom stereocenters. The van der Waals surface area contributed by atoms with Gasteiger partial charge in [-0.15, -0.1) is 16.4 Å². The second-order valence-electron chi connectivity index (χ2n) is 5.95. The summed E-state index contributed by atoms with van der Waals surface area (Å²) in [6.45, 7) is 2.71. The van der Waals surface area contributed by atoms with Crippen molar-refractivity contribution < 1.29 is 9.53 Å². The van der Waals surface area contributed by atoms with Crippen molar-refractivity contribution in [3.63, 3.8) is 0 Å². The highest BCUT2D eigenvalue weighted by molar-refractivity contribution is 7.14. The van der Waals surface area contributed by atoms with Gasteiger partial charge in [-0.1, -0.05) is 16.8 Å². The van der Waals surface area contributed by atoms with E-state index in [-0.39, 0.29) is 5.91 Å². The van der Waals surface area contributed by atoms with Crippen molar-refractivity contribution in [2.75, 3.05) is 12.4 Å². The molecule has 2 heterocycles. The third kappa shape index (κ3) is 3.44. The van der Waals surface area contributed by atoms with Crippen molar-refractivity contribution in [1.82, 2.24) is 20.0 Å². The van der Waals surface area contributed by atoms with Crippen LogP contribution >= 0.6 is 22.9 Å². The van der Waals surface area contributed by atoms with E-state index in [0.717, 1.165) is 23.3 Å². The first-order chi connectivity index (χ1) is 13.6. The molecule has 0 aliphatic heterocycles. The number of aryl methyl sites for hydroxylation is 1. The number of nitrogens with zero attached hydrogens (tertiary/aromatic N) is 4. The molecule has 4 rings (SSSR count). The van der Waals surface area contributed by atoms with Gasteiger partial charge in [0.25, 0.3) is 5.91 Å². The number of anilines is 1. The van der Waals surface area contributed by atoms with E-state index in [0.29, 0.717) is 27.0 Å². The summed E-state index contributed by atoms with van der Waals surface area (Å²) in [6, 6.07) is 10.8. The van der Waals surface area contributed by atoms with Gasteiger partial charge in [-0.2, -0.15) is 0 Å². The second kappa shape index (κ2) is 7.57. The van der Waals surface area contributed by atoms with E-state index < -0.39 is 0 Å². The number of halogens is 1. The molecular weight excluding hydrogens is 398 g/mol. The van der Waals surface area contributed by atoms with Gasteiger partial charge in [0.15, 0.2) is 5.13 Å². The maximum atomic E-state index is 12.6. The Morgan fingerprint density at radius 1 is 1.29 bits per heavy atom. The summed E-state index contributed by atoms with van der Waals surface area (Å²) in [4.78, 5) is 17.1. The first kappa shape index (κ1) is 18.4. The molecule has 0 bridgehead atoms. The summed E-state index contributed by atoms with van der Waals surface area (Å²) < 4.78 is 6.95. The van der Waals surface area contributed by atoms with Crippen molar-refractivity contribution >= 4 is 45.0 Å².